The topological polar surface area (TPSA) is 176 Å². The van der Waals surface area contributed by atoms with Crippen molar-refractivity contribution in [3.8, 4) is 0 Å². The summed E-state index contributed by atoms with van der Waals surface area (Å²) in [5.74, 6) is -1.72. The lowest BCUT2D eigenvalue weighted by Gasteiger charge is -2.30. The van der Waals surface area contributed by atoms with Crippen LogP contribution >= 0.6 is 0 Å². The Morgan fingerprint density at radius 1 is 1.07 bits per heavy atom. The molecule has 3 atom stereocenters. The van der Waals surface area contributed by atoms with Crippen LogP contribution in [0.2, 0.25) is 0 Å². The molecule has 1 aromatic heterocycles. The minimum Gasteiger partial charge on any atom is -0.469 e. The van der Waals surface area contributed by atoms with Gasteiger partial charge in [-0.2, -0.15) is 0 Å². The van der Waals surface area contributed by atoms with E-state index in [1.165, 1.54) is 6.26 Å². The van der Waals surface area contributed by atoms with E-state index < -0.39 is 29.8 Å². The highest BCUT2D eigenvalue weighted by Crippen LogP contribution is 2.16. The van der Waals surface area contributed by atoms with E-state index in [2.05, 4.69) is 32.7 Å². The van der Waals surface area contributed by atoms with Crippen molar-refractivity contribution in [2.45, 2.75) is 50.7 Å². The maximum Gasteiger partial charge on any atom is 0.243 e. The standard InChI is InChI=1S/C30H40N6O6/c1-3-26(37)32-13-12-24(28(31)39)34-27(38)16-20-8-4-5-9-21(20)18-33-30(41)25(17-23-11-7-15-42-23)35-29(40)22-10-6-14-36(2)19-22/h3-5,7-9,11,15,22,24-25H,1,6,10,12-14,16-19H2,2H3,(H2,31,39)(H,32,37)(H,33,41)(H,34,38)(H,35,40)/t22-,24+,25+/m1/s1. The number of amides is 5. The first kappa shape index (κ1) is 32.1. The van der Waals surface area contributed by atoms with Gasteiger partial charge in [0.2, 0.25) is 29.5 Å². The van der Waals surface area contributed by atoms with E-state index in [9.17, 15) is 24.0 Å². The Balaban J connectivity index is 1.61. The second-order valence-electron chi connectivity index (χ2n) is 10.4. The average Bonchev–Trinajstić information content (AvgIpc) is 3.48. The third-order valence-electron chi connectivity index (χ3n) is 7.13. The van der Waals surface area contributed by atoms with Gasteiger partial charge < -0.3 is 36.3 Å². The minimum atomic E-state index is -0.968. The molecule has 2 aromatic rings. The molecule has 5 amide bonds. The molecular formula is C30H40N6O6. The summed E-state index contributed by atoms with van der Waals surface area (Å²) < 4.78 is 5.43. The van der Waals surface area contributed by atoms with Crippen molar-refractivity contribution in [1.29, 1.82) is 0 Å². The predicted molar refractivity (Wildman–Crippen MR) is 156 cm³/mol. The van der Waals surface area contributed by atoms with Gasteiger partial charge in [0.25, 0.3) is 0 Å². The zero-order chi connectivity index (χ0) is 30.5. The molecule has 0 spiro atoms. The van der Waals surface area contributed by atoms with Gasteiger partial charge in [-0.3, -0.25) is 24.0 Å². The highest BCUT2D eigenvalue weighted by Gasteiger charge is 2.29. The summed E-state index contributed by atoms with van der Waals surface area (Å²) in [4.78, 5) is 64.4. The van der Waals surface area contributed by atoms with E-state index in [1.54, 1.807) is 36.4 Å². The van der Waals surface area contributed by atoms with Crippen molar-refractivity contribution >= 4 is 29.5 Å². The number of nitrogens with one attached hydrogen (secondary N) is 4. The van der Waals surface area contributed by atoms with Gasteiger partial charge in [-0.1, -0.05) is 30.8 Å². The molecule has 0 aliphatic carbocycles. The largest absolute Gasteiger partial charge is 0.469 e. The third-order valence-corrected chi connectivity index (χ3v) is 7.13. The Hall–Kier alpha value is -4.45. The van der Waals surface area contributed by atoms with Crippen LogP contribution < -0.4 is 27.0 Å². The summed E-state index contributed by atoms with van der Waals surface area (Å²) in [6, 6.07) is 8.77. The first-order chi connectivity index (χ1) is 20.2. The molecule has 1 fully saturated rings. The zero-order valence-electron chi connectivity index (χ0n) is 23.9. The molecule has 1 aliphatic heterocycles. The van der Waals surface area contributed by atoms with Gasteiger partial charge in [-0.15, -0.1) is 0 Å². The number of hydrogen-bond acceptors (Lipinski definition) is 7. The molecule has 1 aromatic carbocycles. The number of piperidine rings is 1. The van der Waals surface area contributed by atoms with Crippen LogP contribution in [0.1, 0.15) is 36.1 Å². The van der Waals surface area contributed by atoms with Crippen LogP contribution in [-0.4, -0.2) is 73.2 Å². The van der Waals surface area contributed by atoms with Crippen LogP contribution in [-0.2, 0) is 43.4 Å². The highest BCUT2D eigenvalue weighted by atomic mass is 16.3. The molecule has 12 heteroatoms. The smallest absolute Gasteiger partial charge is 0.243 e. The van der Waals surface area contributed by atoms with Gasteiger partial charge in [0, 0.05) is 26.1 Å². The fourth-order valence-electron chi connectivity index (χ4n) is 4.83. The number of hydrogen-bond donors (Lipinski definition) is 5. The number of furan rings is 1. The van der Waals surface area contributed by atoms with Crippen LogP contribution in [0.4, 0.5) is 0 Å². The van der Waals surface area contributed by atoms with Crippen molar-refractivity contribution < 1.29 is 28.4 Å². The number of primary amides is 1. The van der Waals surface area contributed by atoms with Crippen molar-refractivity contribution in [3.63, 3.8) is 0 Å². The Morgan fingerprint density at radius 3 is 2.50 bits per heavy atom. The molecule has 226 valence electrons. The summed E-state index contributed by atoms with van der Waals surface area (Å²) in [6.45, 7) is 5.18. The van der Waals surface area contributed by atoms with E-state index in [-0.39, 0.29) is 50.1 Å². The van der Waals surface area contributed by atoms with Gasteiger partial charge in [0.1, 0.15) is 17.8 Å². The van der Waals surface area contributed by atoms with E-state index in [1.807, 2.05) is 7.05 Å². The fraction of sp³-hybridized carbons (Fsp3) is 0.433. The van der Waals surface area contributed by atoms with Crippen molar-refractivity contribution in [1.82, 2.24) is 26.2 Å². The lowest BCUT2D eigenvalue weighted by molar-refractivity contribution is -0.132. The molecule has 0 saturated carbocycles. The number of likely N-dealkylation sites (tertiary alicyclic amines) is 1. The number of benzene rings is 1. The van der Waals surface area contributed by atoms with Gasteiger partial charge in [0.05, 0.1) is 18.6 Å². The zero-order valence-corrected chi connectivity index (χ0v) is 23.9. The van der Waals surface area contributed by atoms with Crippen molar-refractivity contribution in [2.24, 2.45) is 11.7 Å². The van der Waals surface area contributed by atoms with Crippen molar-refractivity contribution in [3.05, 3.63) is 72.2 Å². The Kier molecular flexibility index (Phi) is 12.3. The summed E-state index contributed by atoms with van der Waals surface area (Å²) in [7, 11) is 1.97. The van der Waals surface area contributed by atoms with E-state index >= 15 is 0 Å². The molecule has 0 bridgehead atoms. The van der Waals surface area contributed by atoms with Gasteiger partial charge >= 0.3 is 0 Å². The molecule has 12 nitrogen and oxygen atoms in total. The Morgan fingerprint density at radius 2 is 1.83 bits per heavy atom. The third kappa shape index (κ3) is 10.2. The number of rotatable bonds is 15. The number of carbonyl (C=O) groups excluding carboxylic acids is 5. The molecule has 42 heavy (non-hydrogen) atoms. The molecule has 2 heterocycles. The van der Waals surface area contributed by atoms with Gasteiger partial charge in [-0.25, -0.2) is 0 Å². The fourth-order valence-corrected chi connectivity index (χ4v) is 4.83. The Labute approximate surface area is 245 Å². The maximum atomic E-state index is 13.3. The molecular weight excluding hydrogens is 540 g/mol. The number of nitrogens with two attached hydrogens (primary N) is 1. The molecule has 1 aliphatic rings. The van der Waals surface area contributed by atoms with Crippen LogP contribution in [0.25, 0.3) is 0 Å². The van der Waals surface area contributed by atoms with Crippen molar-refractivity contribution in [2.75, 3.05) is 26.7 Å². The normalized spacial score (nSPS) is 16.5. The monoisotopic (exact) mass is 580 g/mol. The lowest BCUT2D eigenvalue weighted by atomic mass is 9.97. The van der Waals surface area contributed by atoms with Crippen LogP contribution in [0, 0.1) is 5.92 Å². The van der Waals surface area contributed by atoms with E-state index in [0.29, 0.717) is 23.4 Å². The lowest BCUT2D eigenvalue weighted by Crippen LogP contribution is -2.51. The summed E-state index contributed by atoms with van der Waals surface area (Å²) in [6.07, 6.45) is 4.56. The Bertz CT molecular complexity index is 1250. The summed E-state index contributed by atoms with van der Waals surface area (Å²) >= 11 is 0. The predicted octanol–water partition coefficient (Wildman–Crippen LogP) is 0.170. The molecule has 6 N–H and O–H groups in total. The molecule has 3 rings (SSSR count). The minimum absolute atomic E-state index is 0.0589. The van der Waals surface area contributed by atoms with E-state index in [0.717, 1.165) is 25.5 Å². The quantitative estimate of drug-likeness (QED) is 0.187. The van der Waals surface area contributed by atoms with Crippen LogP contribution in [0.15, 0.2) is 59.7 Å². The average molecular weight is 581 g/mol. The maximum absolute atomic E-state index is 13.3. The number of nitrogens with zero attached hydrogens (tertiary/aromatic N) is 1. The molecule has 1 saturated heterocycles. The SMILES string of the molecule is C=CC(=O)NCC[C@H](NC(=O)Cc1ccccc1CNC(=O)[C@H](Cc1ccco1)NC(=O)[C@@H]1CCCN(C)C1)C(N)=O. The first-order valence-corrected chi connectivity index (χ1v) is 14.0. The second kappa shape index (κ2) is 16.1. The summed E-state index contributed by atoms with van der Waals surface area (Å²) in [5.41, 5.74) is 6.78. The molecule has 0 unspecified atom stereocenters. The number of carbonyl (C=O) groups is 5. The summed E-state index contributed by atoms with van der Waals surface area (Å²) in [5, 5.41) is 10.9. The molecule has 0 radical (unpaired) electrons. The van der Waals surface area contributed by atoms with E-state index in [4.69, 9.17) is 10.2 Å². The van der Waals surface area contributed by atoms with Gasteiger partial charge in [0.15, 0.2) is 0 Å². The van der Waals surface area contributed by atoms with Crippen LogP contribution in [0.3, 0.4) is 0 Å². The van der Waals surface area contributed by atoms with Crippen LogP contribution in [0.5, 0.6) is 0 Å². The second-order valence-corrected chi connectivity index (χ2v) is 10.4. The van der Waals surface area contributed by atoms with Gasteiger partial charge in [-0.05, 0) is 62.2 Å². The highest BCUT2D eigenvalue weighted by molar-refractivity contribution is 5.89. The first-order valence-electron chi connectivity index (χ1n) is 14.0.